The van der Waals surface area contributed by atoms with Crippen molar-refractivity contribution < 1.29 is 14.7 Å². The van der Waals surface area contributed by atoms with Crippen molar-refractivity contribution in [2.24, 2.45) is 5.92 Å². The van der Waals surface area contributed by atoms with Crippen molar-refractivity contribution in [1.82, 2.24) is 5.32 Å². The molecule has 3 rings (SSSR count). The number of aliphatic hydroxyl groups is 1. The summed E-state index contributed by atoms with van der Waals surface area (Å²) in [7, 11) is 0. The van der Waals surface area contributed by atoms with Crippen LogP contribution in [0.25, 0.3) is 6.08 Å². The van der Waals surface area contributed by atoms with Gasteiger partial charge in [0, 0.05) is 31.3 Å². The molecule has 5 nitrogen and oxygen atoms in total. The highest BCUT2D eigenvalue weighted by atomic mass is 16.3. The molecular weight excluding hydrogens is 316 g/mol. The first kappa shape index (κ1) is 17.7. The normalized spacial score (nSPS) is 19.7. The summed E-state index contributed by atoms with van der Waals surface area (Å²) in [6, 6.07) is 7.62. The van der Waals surface area contributed by atoms with Gasteiger partial charge in [-0.2, -0.15) is 0 Å². The van der Waals surface area contributed by atoms with Gasteiger partial charge in [0.05, 0.1) is 6.10 Å². The van der Waals surface area contributed by atoms with Crippen LogP contribution in [0.15, 0.2) is 30.3 Å². The van der Waals surface area contributed by atoms with E-state index in [4.69, 9.17) is 0 Å². The lowest BCUT2D eigenvalue weighted by atomic mass is 10.0. The van der Waals surface area contributed by atoms with Gasteiger partial charge < -0.3 is 15.3 Å². The van der Waals surface area contributed by atoms with E-state index in [0.29, 0.717) is 18.9 Å². The maximum Gasteiger partial charge on any atom is 0.244 e. The van der Waals surface area contributed by atoms with Crippen molar-refractivity contribution in [3.05, 3.63) is 35.9 Å². The van der Waals surface area contributed by atoms with Crippen LogP contribution in [0.5, 0.6) is 0 Å². The van der Waals surface area contributed by atoms with E-state index in [2.05, 4.69) is 5.32 Å². The zero-order chi connectivity index (χ0) is 17.6. The summed E-state index contributed by atoms with van der Waals surface area (Å²) >= 11 is 0. The number of carbonyl (C=O) groups excluding carboxylic acids is 2. The van der Waals surface area contributed by atoms with Crippen LogP contribution >= 0.6 is 0 Å². The van der Waals surface area contributed by atoms with Gasteiger partial charge in [-0.05, 0) is 49.0 Å². The van der Waals surface area contributed by atoms with Crippen LogP contribution in [0.4, 0.5) is 5.69 Å². The summed E-state index contributed by atoms with van der Waals surface area (Å²) in [6.07, 6.45) is 8.77. The van der Waals surface area contributed by atoms with E-state index in [1.807, 2.05) is 24.3 Å². The number of aliphatic hydroxyl groups excluding tert-OH is 1. The molecule has 2 fully saturated rings. The molecule has 2 aliphatic rings. The minimum Gasteiger partial charge on any atom is -0.391 e. The Morgan fingerprint density at radius 1 is 1.24 bits per heavy atom. The topological polar surface area (TPSA) is 69.6 Å². The number of benzene rings is 1. The lowest BCUT2D eigenvalue weighted by Crippen LogP contribution is -2.34. The molecule has 0 bridgehead atoms. The largest absolute Gasteiger partial charge is 0.391 e. The molecule has 25 heavy (non-hydrogen) atoms. The molecular formula is C20H26N2O3. The van der Waals surface area contributed by atoms with Crippen LogP contribution in [0, 0.1) is 5.92 Å². The molecule has 1 unspecified atom stereocenters. The number of carbonyl (C=O) groups is 2. The average Bonchev–Trinajstić information content (AvgIpc) is 3.30. The summed E-state index contributed by atoms with van der Waals surface area (Å²) in [4.78, 5) is 25.4. The highest BCUT2D eigenvalue weighted by molar-refractivity contribution is 5.95. The molecule has 1 aromatic rings. The van der Waals surface area contributed by atoms with Gasteiger partial charge in [0.1, 0.15) is 0 Å². The third-order valence-corrected chi connectivity index (χ3v) is 5.13. The van der Waals surface area contributed by atoms with Crippen molar-refractivity contribution in [3.8, 4) is 0 Å². The molecule has 1 heterocycles. The molecule has 1 aromatic carbocycles. The molecule has 0 aromatic heterocycles. The molecule has 1 aliphatic carbocycles. The maximum atomic E-state index is 11.9. The first-order chi connectivity index (χ1) is 12.1. The second-order valence-electron chi connectivity index (χ2n) is 6.93. The summed E-state index contributed by atoms with van der Waals surface area (Å²) in [5, 5.41) is 12.8. The van der Waals surface area contributed by atoms with Gasteiger partial charge in [-0.15, -0.1) is 0 Å². The number of rotatable bonds is 6. The van der Waals surface area contributed by atoms with Crippen LogP contribution in [-0.4, -0.2) is 36.1 Å². The van der Waals surface area contributed by atoms with Crippen LogP contribution in [-0.2, 0) is 9.59 Å². The fraction of sp³-hybridized carbons (Fsp3) is 0.500. The van der Waals surface area contributed by atoms with E-state index in [9.17, 15) is 14.7 Å². The summed E-state index contributed by atoms with van der Waals surface area (Å²) < 4.78 is 0. The Labute approximate surface area is 148 Å². The SMILES string of the molecule is O=C(/C=C/c1ccc(N2CCCC2=O)cc1)NCC(O)C1CCCC1. The van der Waals surface area contributed by atoms with Crippen molar-refractivity contribution in [1.29, 1.82) is 0 Å². The fourth-order valence-electron chi connectivity index (χ4n) is 3.63. The maximum absolute atomic E-state index is 11.9. The Kier molecular flexibility index (Phi) is 5.87. The molecule has 1 aliphatic heterocycles. The molecule has 134 valence electrons. The van der Waals surface area contributed by atoms with Crippen LogP contribution in [0.1, 0.15) is 44.1 Å². The lowest BCUT2D eigenvalue weighted by Gasteiger charge is -2.17. The lowest BCUT2D eigenvalue weighted by molar-refractivity contribution is -0.117. The van der Waals surface area contributed by atoms with E-state index >= 15 is 0 Å². The van der Waals surface area contributed by atoms with Gasteiger partial charge in [0.2, 0.25) is 11.8 Å². The second kappa shape index (κ2) is 8.30. The Morgan fingerprint density at radius 3 is 2.60 bits per heavy atom. The standard InChI is InChI=1S/C20H26N2O3/c23-18(16-4-1-2-5-16)14-21-19(24)12-9-15-7-10-17(11-8-15)22-13-3-6-20(22)25/h7-12,16,18,23H,1-6,13-14H2,(H,21,24)/b12-9+. The van der Waals surface area contributed by atoms with Crippen molar-refractivity contribution in [2.45, 2.75) is 44.6 Å². The smallest absolute Gasteiger partial charge is 0.244 e. The van der Waals surface area contributed by atoms with Gasteiger partial charge in [-0.3, -0.25) is 9.59 Å². The predicted molar refractivity (Wildman–Crippen MR) is 98.0 cm³/mol. The number of hydrogen-bond donors (Lipinski definition) is 2. The van der Waals surface area contributed by atoms with E-state index in [1.54, 1.807) is 11.0 Å². The number of anilines is 1. The molecule has 1 saturated heterocycles. The molecule has 2 N–H and O–H groups in total. The Balaban J connectivity index is 1.47. The minimum atomic E-state index is -0.447. The van der Waals surface area contributed by atoms with E-state index in [-0.39, 0.29) is 11.8 Å². The van der Waals surface area contributed by atoms with E-state index < -0.39 is 6.10 Å². The van der Waals surface area contributed by atoms with E-state index in [1.165, 1.54) is 18.9 Å². The van der Waals surface area contributed by atoms with Gasteiger partial charge in [0.25, 0.3) is 0 Å². The van der Waals surface area contributed by atoms with E-state index in [0.717, 1.165) is 37.1 Å². The quantitative estimate of drug-likeness (QED) is 0.781. The Hall–Kier alpha value is -2.14. The molecule has 1 atom stereocenters. The Morgan fingerprint density at radius 2 is 1.96 bits per heavy atom. The predicted octanol–water partition coefficient (Wildman–Crippen LogP) is 2.49. The minimum absolute atomic E-state index is 0.170. The van der Waals surface area contributed by atoms with Crippen LogP contribution in [0.3, 0.4) is 0 Å². The zero-order valence-electron chi connectivity index (χ0n) is 14.5. The monoisotopic (exact) mass is 342 g/mol. The number of nitrogens with zero attached hydrogens (tertiary/aromatic N) is 1. The average molecular weight is 342 g/mol. The van der Waals surface area contributed by atoms with Gasteiger partial charge >= 0.3 is 0 Å². The van der Waals surface area contributed by atoms with Crippen LogP contribution in [0.2, 0.25) is 0 Å². The van der Waals surface area contributed by atoms with Crippen molar-refractivity contribution >= 4 is 23.6 Å². The van der Waals surface area contributed by atoms with Gasteiger partial charge in [-0.1, -0.05) is 25.0 Å². The molecule has 2 amide bonds. The third-order valence-electron chi connectivity index (χ3n) is 5.13. The molecule has 5 heteroatoms. The second-order valence-corrected chi connectivity index (χ2v) is 6.93. The Bertz CT molecular complexity index is 633. The number of hydrogen-bond acceptors (Lipinski definition) is 3. The molecule has 1 saturated carbocycles. The molecule has 0 spiro atoms. The first-order valence-electron chi connectivity index (χ1n) is 9.18. The summed E-state index contributed by atoms with van der Waals surface area (Å²) in [6.45, 7) is 1.09. The van der Waals surface area contributed by atoms with Crippen LogP contribution < -0.4 is 10.2 Å². The van der Waals surface area contributed by atoms with Gasteiger partial charge in [0.15, 0.2) is 0 Å². The third kappa shape index (κ3) is 4.69. The first-order valence-corrected chi connectivity index (χ1v) is 9.18. The van der Waals surface area contributed by atoms with Gasteiger partial charge in [-0.25, -0.2) is 0 Å². The number of nitrogens with one attached hydrogen (secondary N) is 1. The fourth-order valence-corrected chi connectivity index (χ4v) is 3.63. The van der Waals surface area contributed by atoms with Crippen molar-refractivity contribution in [2.75, 3.05) is 18.0 Å². The highest BCUT2D eigenvalue weighted by Crippen LogP contribution is 2.27. The number of amides is 2. The highest BCUT2D eigenvalue weighted by Gasteiger charge is 2.23. The summed E-state index contributed by atoms with van der Waals surface area (Å²) in [5.41, 5.74) is 1.81. The van der Waals surface area contributed by atoms with Crippen molar-refractivity contribution in [3.63, 3.8) is 0 Å². The zero-order valence-corrected chi connectivity index (χ0v) is 14.5. The summed E-state index contributed by atoms with van der Waals surface area (Å²) in [5.74, 6) is 0.296. The molecule has 0 radical (unpaired) electrons.